The summed E-state index contributed by atoms with van der Waals surface area (Å²) >= 11 is 0. The van der Waals surface area contributed by atoms with E-state index in [1.165, 1.54) is 35.1 Å². The molecule has 1 saturated heterocycles. The number of hydrogen-bond acceptors (Lipinski definition) is 4. The van der Waals surface area contributed by atoms with Crippen LogP contribution >= 0.6 is 0 Å². The number of aromatic nitrogens is 3. The predicted octanol–water partition coefficient (Wildman–Crippen LogP) is 4.57. The molecule has 1 aliphatic rings. The Morgan fingerprint density at radius 1 is 1.03 bits per heavy atom. The largest absolute Gasteiger partial charge is 0.348 e. The molecular weight excluding hydrogens is 490 g/mol. The van der Waals surface area contributed by atoms with Crippen molar-refractivity contribution in [3.05, 3.63) is 71.6 Å². The van der Waals surface area contributed by atoms with E-state index in [0.717, 1.165) is 0 Å². The number of rotatable bonds is 7. The average Bonchev–Trinajstić information content (AvgIpc) is 3.56. The first-order chi connectivity index (χ1) is 17.6. The maximum Gasteiger partial charge on any atom is 0.248 e. The van der Waals surface area contributed by atoms with E-state index in [-0.39, 0.29) is 29.4 Å². The van der Waals surface area contributed by atoms with Crippen LogP contribution in [0, 0.1) is 29.2 Å². The van der Waals surface area contributed by atoms with Crippen molar-refractivity contribution < 1.29 is 27.2 Å². The molecule has 0 spiro atoms. The van der Waals surface area contributed by atoms with E-state index in [9.17, 15) is 27.2 Å². The number of halogens is 4. The Kier molecular flexibility index (Phi) is 7.60. The minimum atomic E-state index is -1.49. The number of hydrogen-bond donors (Lipinski definition) is 1. The highest BCUT2D eigenvalue weighted by atomic mass is 19.2. The number of amides is 2. The molecule has 3 aromatic rings. The van der Waals surface area contributed by atoms with Gasteiger partial charge in [-0.05, 0) is 36.8 Å². The summed E-state index contributed by atoms with van der Waals surface area (Å²) in [5, 5.41) is 10.6. The summed E-state index contributed by atoms with van der Waals surface area (Å²) in [7, 11) is 0. The molecule has 11 heteroatoms. The summed E-state index contributed by atoms with van der Waals surface area (Å²) in [4.78, 5) is 28.1. The van der Waals surface area contributed by atoms with E-state index >= 15 is 0 Å². The molecule has 4 rings (SSSR count). The van der Waals surface area contributed by atoms with Crippen LogP contribution in [0.4, 0.5) is 17.6 Å². The number of carbonyl (C=O) groups is 2. The zero-order valence-corrected chi connectivity index (χ0v) is 20.6. The smallest absolute Gasteiger partial charge is 0.248 e. The maximum absolute atomic E-state index is 14.2. The highest BCUT2D eigenvalue weighted by Crippen LogP contribution is 2.31. The van der Waals surface area contributed by atoms with Gasteiger partial charge in [0.2, 0.25) is 11.8 Å². The van der Waals surface area contributed by atoms with Crippen LogP contribution in [-0.2, 0) is 9.59 Å². The molecule has 196 valence electrons. The third-order valence-corrected chi connectivity index (χ3v) is 6.62. The Balaban J connectivity index is 1.48. The van der Waals surface area contributed by atoms with Crippen LogP contribution in [0.25, 0.3) is 11.1 Å². The first-order valence-corrected chi connectivity index (χ1v) is 12.0. The molecule has 7 nitrogen and oxygen atoms in total. The molecule has 0 radical (unpaired) electrons. The molecule has 0 saturated carbocycles. The number of carbonyl (C=O) groups excluding carboxylic acids is 2. The predicted molar refractivity (Wildman–Crippen MR) is 127 cm³/mol. The SMILES string of the molecule is CC(NC(=O)C1CCCN1C(=O)C(C(C)C)n1ccnn1)c1ccc(-c2c(F)c(F)cc(F)c2F)cc1. The third kappa shape index (κ3) is 5.21. The molecule has 2 aromatic carbocycles. The molecular formula is C26H27F4N5O2. The Morgan fingerprint density at radius 2 is 1.68 bits per heavy atom. The Hall–Kier alpha value is -3.76. The fourth-order valence-electron chi connectivity index (χ4n) is 4.70. The molecule has 2 heterocycles. The summed E-state index contributed by atoms with van der Waals surface area (Å²) in [5.41, 5.74) is -0.239. The van der Waals surface area contributed by atoms with Crippen molar-refractivity contribution in [2.75, 3.05) is 6.54 Å². The average molecular weight is 518 g/mol. The van der Waals surface area contributed by atoms with Crippen molar-refractivity contribution in [3.8, 4) is 11.1 Å². The van der Waals surface area contributed by atoms with Gasteiger partial charge in [-0.15, -0.1) is 5.10 Å². The highest BCUT2D eigenvalue weighted by molar-refractivity contribution is 5.90. The topological polar surface area (TPSA) is 80.1 Å². The van der Waals surface area contributed by atoms with Crippen molar-refractivity contribution >= 4 is 11.8 Å². The molecule has 1 aliphatic heterocycles. The van der Waals surface area contributed by atoms with E-state index in [4.69, 9.17) is 0 Å². The third-order valence-electron chi connectivity index (χ3n) is 6.62. The summed E-state index contributed by atoms with van der Waals surface area (Å²) in [6.07, 6.45) is 4.30. The van der Waals surface area contributed by atoms with E-state index in [2.05, 4.69) is 15.6 Å². The van der Waals surface area contributed by atoms with Crippen molar-refractivity contribution in [1.82, 2.24) is 25.2 Å². The molecule has 1 aromatic heterocycles. The Bertz CT molecular complexity index is 1250. The first-order valence-electron chi connectivity index (χ1n) is 12.0. The number of nitrogens with one attached hydrogen (secondary N) is 1. The fourth-order valence-corrected chi connectivity index (χ4v) is 4.70. The lowest BCUT2D eigenvalue weighted by Crippen LogP contribution is -2.49. The minimum Gasteiger partial charge on any atom is -0.348 e. The van der Waals surface area contributed by atoms with E-state index in [1.54, 1.807) is 18.0 Å². The van der Waals surface area contributed by atoms with E-state index in [0.29, 0.717) is 24.9 Å². The van der Waals surface area contributed by atoms with E-state index < -0.39 is 47.0 Å². The standard InChI is InChI=1S/C26H27F4N5O2/c1-14(2)24(35-12-10-31-33-35)26(37)34-11-4-5-20(34)25(36)32-15(3)16-6-8-17(9-7-16)21-22(29)18(27)13-19(28)23(21)30/h6-10,12-15,20,24H,4-5,11H2,1-3H3,(H,32,36). The molecule has 2 amide bonds. The second-order valence-corrected chi connectivity index (χ2v) is 9.46. The molecule has 3 atom stereocenters. The van der Waals surface area contributed by atoms with Gasteiger partial charge in [0, 0.05) is 18.8 Å². The first kappa shape index (κ1) is 26.3. The summed E-state index contributed by atoms with van der Waals surface area (Å²) in [5.74, 6) is -6.55. The molecule has 0 aliphatic carbocycles. The van der Waals surface area contributed by atoms with Gasteiger partial charge in [-0.2, -0.15) is 0 Å². The van der Waals surface area contributed by atoms with Gasteiger partial charge in [0.1, 0.15) is 12.1 Å². The zero-order valence-electron chi connectivity index (χ0n) is 20.6. The van der Waals surface area contributed by atoms with Crippen LogP contribution in [0.3, 0.4) is 0 Å². The van der Waals surface area contributed by atoms with Gasteiger partial charge >= 0.3 is 0 Å². The monoisotopic (exact) mass is 517 g/mol. The molecule has 1 fully saturated rings. The van der Waals surface area contributed by atoms with Gasteiger partial charge in [0.15, 0.2) is 23.3 Å². The highest BCUT2D eigenvalue weighted by Gasteiger charge is 2.39. The van der Waals surface area contributed by atoms with Gasteiger partial charge in [-0.3, -0.25) is 9.59 Å². The van der Waals surface area contributed by atoms with Gasteiger partial charge < -0.3 is 10.2 Å². The number of benzene rings is 2. The van der Waals surface area contributed by atoms with Crippen LogP contribution < -0.4 is 5.32 Å². The summed E-state index contributed by atoms with van der Waals surface area (Å²) in [6, 6.07) is 4.09. The maximum atomic E-state index is 14.2. The van der Waals surface area contributed by atoms with Crippen molar-refractivity contribution in [3.63, 3.8) is 0 Å². The minimum absolute atomic E-state index is 0.0453. The van der Waals surface area contributed by atoms with E-state index in [1.807, 2.05) is 13.8 Å². The Labute approximate surface area is 211 Å². The van der Waals surface area contributed by atoms with Crippen LogP contribution in [-0.4, -0.2) is 44.3 Å². The fraction of sp³-hybridized carbons (Fsp3) is 0.385. The molecule has 37 heavy (non-hydrogen) atoms. The van der Waals surface area contributed by atoms with Crippen molar-refractivity contribution in [1.29, 1.82) is 0 Å². The zero-order chi connectivity index (χ0) is 26.9. The van der Waals surface area contributed by atoms with Crippen LogP contribution in [0.1, 0.15) is 51.3 Å². The van der Waals surface area contributed by atoms with Gasteiger partial charge in [0.25, 0.3) is 0 Å². The number of nitrogens with zero attached hydrogens (tertiary/aromatic N) is 4. The second kappa shape index (κ2) is 10.7. The molecule has 1 N–H and O–H groups in total. The lowest BCUT2D eigenvalue weighted by atomic mass is 9.99. The lowest BCUT2D eigenvalue weighted by Gasteiger charge is -2.30. The molecule has 3 unspecified atom stereocenters. The van der Waals surface area contributed by atoms with Crippen LogP contribution in [0.2, 0.25) is 0 Å². The normalized spacial score (nSPS) is 17.2. The van der Waals surface area contributed by atoms with Gasteiger partial charge in [-0.1, -0.05) is 43.3 Å². The Morgan fingerprint density at radius 3 is 2.24 bits per heavy atom. The van der Waals surface area contributed by atoms with Gasteiger partial charge in [0.05, 0.1) is 17.8 Å². The quantitative estimate of drug-likeness (QED) is 0.368. The van der Waals surface area contributed by atoms with Crippen molar-refractivity contribution in [2.45, 2.75) is 51.7 Å². The van der Waals surface area contributed by atoms with Gasteiger partial charge in [-0.25, -0.2) is 22.2 Å². The molecule has 0 bridgehead atoms. The van der Waals surface area contributed by atoms with Crippen LogP contribution in [0.15, 0.2) is 42.7 Å². The van der Waals surface area contributed by atoms with Crippen molar-refractivity contribution in [2.24, 2.45) is 5.92 Å². The second-order valence-electron chi connectivity index (χ2n) is 9.46. The summed E-state index contributed by atoms with van der Waals surface area (Å²) in [6.45, 7) is 5.97. The lowest BCUT2D eigenvalue weighted by molar-refractivity contribution is -0.142. The number of likely N-dealkylation sites (tertiary alicyclic amines) is 1. The summed E-state index contributed by atoms with van der Waals surface area (Å²) < 4.78 is 57.0. The van der Waals surface area contributed by atoms with Crippen LogP contribution in [0.5, 0.6) is 0 Å².